The highest BCUT2D eigenvalue weighted by atomic mass is 28.3. The summed E-state index contributed by atoms with van der Waals surface area (Å²) < 4.78 is 0. The van der Waals surface area contributed by atoms with Gasteiger partial charge >= 0.3 is 0 Å². The summed E-state index contributed by atoms with van der Waals surface area (Å²) in [6.45, 7) is 31.9. The maximum Gasteiger partial charge on any atom is 0.252 e. The van der Waals surface area contributed by atoms with Crippen molar-refractivity contribution in [3.63, 3.8) is 0 Å². The fraction of sp³-hybridized carbons (Fsp3) is 0.390. The van der Waals surface area contributed by atoms with E-state index in [-0.39, 0.29) is 39.7 Å². The fourth-order valence-electron chi connectivity index (χ4n) is 13.3. The van der Waals surface area contributed by atoms with Crippen molar-refractivity contribution in [2.45, 2.75) is 142 Å². The zero-order valence-electron chi connectivity index (χ0n) is 40.3. The van der Waals surface area contributed by atoms with E-state index >= 15 is 0 Å². The van der Waals surface area contributed by atoms with Crippen molar-refractivity contribution in [1.29, 1.82) is 0 Å². The molecular weight excluding hydrogens is 776 g/mol. The molecule has 2 aliphatic carbocycles. The Morgan fingerprint density at radius 2 is 1.22 bits per heavy atom. The Morgan fingerprint density at radius 1 is 0.571 bits per heavy atom. The number of rotatable bonds is 3. The van der Waals surface area contributed by atoms with E-state index in [2.05, 4.69) is 214 Å². The molecule has 1 fully saturated rings. The molecule has 6 aromatic rings. The van der Waals surface area contributed by atoms with Crippen LogP contribution in [0.15, 0.2) is 115 Å². The first-order valence-corrected chi connectivity index (χ1v) is 27.6. The number of para-hydroxylation sites is 2. The van der Waals surface area contributed by atoms with Gasteiger partial charge in [0.05, 0.1) is 13.8 Å². The summed E-state index contributed by atoms with van der Waals surface area (Å²) in [5.74, 6) is 0.265. The van der Waals surface area contributed by atoms with Gasteiger partial charge in [-0.1, -0.05) is 186 Å². The molecular formula is C59H67BN2Si. The van der Waals surface area contributed by atoms with Crippen molar-refractivity contribution >= 4 is 70.5 Å². The van der Waals surface area contributed by atoms with Crippen LogP contribution in [-0.4, -0.2) is 14.8 Å². The predicted molar refractivity (Wildman–Crippen MR) is 275 cm³/mol. The molecule has 0 amide bonds. The maximum absolute atomic E-state index is 2.72. The van der Waals surface area contributed by atoms with Crippen molar-refractivity contribution in [3.05, 3.63) is 154 Å². The third-order valence-corrected chi connectivity index (χ3v) is 19.2. The quantitative estimate of drug-likeness (QED) is 0.164. The van der Waals surface area contributed by atoms with Gasteiger partial charge < -0.3 is 9.80 Å². The summed E-state index contributed by atoms with van der Waals surface area (Å²) in [4.78, 5) is 5.39. The molecule has 3 heterocycles. The van der Waals surface area contributed by atoms with E-state index < -0.39 is 8.07 Å². The van der Waals surface area contributed by atoms with Gasteiger partial charge in [0.2, 0.25) is 0 Å². The summed E-state index contributed by atoms with van der Waals surface area (Å²) in [7, 11) is -1.67. The van der Waals surface area contributed by atoms with E-state index in [1.165, 1.54) is 109 Å². The zero-order valence-corrected chi connectivity index (χ0v) is 41.3. The van der Waals surface area contributed by atoms with Crippen LogP contribution < -0.4 is 31.4 Å². The summed E-state index contributed by atoms with van der Waals surface area (Å²) >= 11 is 0. The van der Waals surface area contributed by atoms with E-state index in [0.29, 0.717) is 0 Å². The number of hydrogen-bond donors (Lipinski definition) is 0. The molecule has 5 aliphatic rings. The predicted octanol–water partition coefficient (Wildman–Crippen LogP) is 13.5. The summed E-state index contributed by atoms with van der Waals surface area (Å²) in [5.41, 5.74) is 22.7. The Morgan fingerprint density at radius 3 is 1.92 bits per heavy atom. The number of benzene rings is 6. The molecule has 0 radical (unpaired) electrons. The lowest BCUT2D eigenvalue weighted by Crippen LogP contribution is -2.63. The SMILES string of the molecule is CC(C)(C)c1ccc(N2c3ccc([Si](C)(C)C)cc3B3c4cccc5c4N(c4ccccc4C5(C)C)c4cc(C5c6ccc(C(C)(C)C)cc6C6(C)CCCCC56C)cc2c43)cc1. The van der Waals surface area contributed by atoms with Crippen molar-refractivity contribution < 1.29 is 0 Å². The second-order valence-electron chi connectivity index (χ2n) is 24.2. The molecule has 0 spiro atoms. The van der Waals surface area contributed by atoms with Gasteiger partial charge in [-0.2, -0.15) is 0 Å². The van der Waals surface area contributed by atoms with E-state index in [4.69, 9.17) is 0 Å². The molecule has 3 aliphatic heterocycles. The number of hydrogen-bond acceptors (Lipinski definition) is 2. The lowest BCUT2D eigenvalue weighted by Gasteiger charge is -2.51. The van der Waals surface area contributed by atoms with E-state index in [1.54, 1.807) is 11.1 Å². The van der Waals surface area contributed by atoms with Gasteiger partial charge in [-0.15, -0.1) is 0 Å². The van der Waals surface area contributed by atoms with Gasteiger partial charge in [0, 0.05) is 39.8 Å². The first-order valence-electron chi connectivity index (χ1n) is 24.1. The topological polar surface area (TPSA) is 6.48 Å². The van der Waals surface area contributed by atoms with Crippen LogP contribution in [0, 0.1) is 5.41 Å². The van der Waals surface area contributed by atoms with Gasteiger partial charge in [-0.3, -0.25) is 0 Å². The van der Waals surface area contributed by atoms with Gasteiger partial charge in [-0.05, 0) is 126 Å². The highest BCUT2D eigenvalue weighted by Crippen LogP contribution is 2.68. The molecule has 0 bridgehead atoms. The largest absolute Gasteiger partial charge is 0.311 e. The molecule has 320 valence electrons. The minimum atomic E-state index is -1.67. The van der Waals surface area contributed by atoms with Crippen molar-refractivity contribution in [1.82, 2.24) is 0 Å². The minimum Gasteiger partial charge on any atom is -0.311 e. The third-order valence-electron chi connectivity index (χ3n) is 17.1. The standard InChI is InChI=1S/C59H67BN2Si/c1-55(2,3)38-23-26-40(27-24-38)61-49-30-28-41(63(11,12)13)36-47(49)60-46-21-18-20-44-54(46)62(48-22-15-14-19-43(48)57(44,7)8)51-34-37(33-50(61)53(51)60)52-42-29-25-39(56(4,5)6)35-45(42)58(9)31-16-17-32-59(52,58)10/h14-15,18-30,33-36,52H,16-17,31-32H2,1-13H3. The lowest BCUT2D eigenvalue weighted by atomic mass is 9.33. The molecule has 3 atom stereocenters. The highest BCUT2D eigenvalue weighted by Gasteiger charge is 2.59. The van der Waals surface area contributed by atoms with Gasteiger partial charge in [0.1, 0.15) is 0 Å². The molecule has 11 rings (SSSR count). The maximum atomic E-state index is 2.72. The molecule has 6 aromatic carbocycles. The first kappa shape index (κ1) is 40.9. The second kappa shape index (κ2) is 13.2. The molecule has 0 aromatic heterocycles. The van der Waals surface area contributed by atoms with E-state index in [0.717, 1.165) is 0 Å². The monoisotopic (exact) mass is 843 g/mol. The number of nitrogens with zero attached hydrogens (tertiary/aromatic N) is 2. The zero-order chi connectivity index (χ0) is 44.4. The Labute approximate surface area is 380 Å². The molecule has 0 N–H and O–H groups in total. The summed E-state index contributed by atoms with van der Waals surface area (Å²) in [5, 5.41) is 1.52. The third kappa shape index (κ3) is 5.61. The van der Waals surface area contributed by atoms with Crippen LogP contribution in [0.3, 0.4) is 0 Å². The molecule has 4 heteroatoms. The van der Waals surface area contributed by atoms with Crippen LogP contribution in [0.1, 0.15) is 140 Å². The van der Waals surface area contributed by atoms with Crippen LogP contribution in [0.4, 0.5) is 34.1 Å². The van der Waals surface area contributed by atoms with Crippen LogP contribution in [0.5, 0.6) is 0 Å². The van der Waals surface area contributed by atoms with Crippen molar-refractivity contribution in [2.24, 2.45) is 5.41 Å². The Bertz CT molecular complexity index is 2880. The molecule has 2 nitrogen and oxygen atoms in total. The Balaban J connectivity index is 1.27. The Hall–Kier alpha value is -4.80. The van der Waals surface area contributed by atoms with Crippen LogP contribution in [-0.2, 0) is 21.7 Å². The van der Waals surface area contributed by atoms with Gasteiger partial charge in [-0.25, -0.2) is 0 Å². The fourth-order valence-corrected chi connectivity index (χ4v) is 14.4. The lowest BCUT2D eigenvalue weighted by molar-refractivity contribution is 0.0923. The van der Waals surface area contributed by atoms with Gasteiger partial charge in [0.25, 0.3) is 6.71 Å². The normalized spacial score (nSPS) is 22.7. The smallest absolute Gasteiger partial charge is 0.252 e. The van der Waals surface area contributed by atoms with E-state index in [1.807, 2.05) is 0 Å². The van der Waals surface area contributed by atoms with Crippen molar-refractivity contribution in [3.8, 4) is 0 Å². The van der Waals surface area contributed by atoms with Gasteiger partial charge in [0.15, 0.2) is 0 Å². The molecule has 1 saturated carbocycles. The molecule has 3 unspecified atom stereocenters. The molecule has 0 saturated heterocycles. The number of anilines is 6. The number of fused-ring (bicyclic) bond motifs is 9. The average Bonchev–Trinajstić information content (AvgIpc) is 3.44. The average molecular weight is 843 g/mol. The van der Waals surface area contributed by atoms with Crippen molar-refractivity contribution in [2.75, 3.05) is 9.80 Å². The minimum absolute atomic E-state index is 0.0659. The Kier molecular flexibility index (Phi) is 8.55. The van der Waals surface area contributed by atoms with Crippen LogP contribution in [0.2, 0.25) is 19.6 Å². The van der Waals surface area contributed by atoms with Crippen LogP contribution >= 0.6 is 0 Å². The highest BCUT2D eigenvalue weighted by molar-refractivity contribution is 7.01. The first-order chi connectivity index (χ1) is 29.6. The summed E-state index contributed by atoms with van der Waals surface area (Å²) in [6.07, 6.45) is 5.05. The second-order valence-corrected chi connectivity index (χ2v) is 29.3. The van der Waals surface area contributed by atoms with E-state index in [9.17, 15) is 0 Å². The van der Waals surface area contributed by atoms with Crippen LogP contribution in [0.25, 0.3) is 0 Å². The molecule has 63 heavy (non-hydrogen) atoms. The summed E-state index contributed by atoms with van der Waals surface area (Å²) in [6, 6.07) is 46.8.